The van der Waals surface area contributed by atoms with Crippen LogP contribution in [-0.4, -0.2) is 64.6 Å². The summed E-state index contributed by atoms with van der Waals surface area (Å²) in [5, 5.41) is 18.6. The van der Waals surface area contributed by atoms with E-state index in [-0.39, 0.29) is 36.5 Å². The molecule has 2 aliphatic rings. The summed E-state index contributed by atoms with van der Waals surface area (Å²) in [4.78, 5) is 58.5. The Bertz CT molecular complexity index is 1870. The number of likely N-dealkylation sites (N-methyl/N-ethyl adjacent to an activating group) is 1. The first-order chi connectivity index (χ1) is 22.7. The molecular weight excluding hydrogens is 620 g/mol. The molecule has 5 amide bonds. The van der Waals surface area contributed by atoms with Gasteiger partial charge in [0.15, 0.2) is 0 Å². The number of hydrogen-bond donors (Lipinski definition) is 4. The minimum Gasteiger partial charge on any atom is -0.465 e. The average Bonchev–Trinajstić information content (AvgIpc) is 3.42. The molecule has 1 saturated carbocycles. The molecule has 1 aliphatic heterocycles. The maximum Gasteiger partial charge on any atom is 0.407 e. The Morgan fingerprint density at radius 2 is 1.77 bits per heavy atom. The van der Waals surface area contributed by atoms with Gasteiger partial charge in [-0.3, -0.25) is 14.5 Å². The standard InChI is InChI=1S/C34H34N6O6S/c1-20-19-24(46-23-7-4-3-5-8-23)14-15-25(20)40-26-16-17-35-32-28(26)29(38-33(40)43)30(47-32)31(42)37-22-12-10-21(11-13-22)36-27(41)9-6-18-39(2)34(44)45/h3-9,14-17,19,21-22H,10-13,18H2,1-2H3,(H,36,41)(H,37,42)(H,38,43)(H,44,45)/b9-6+. The van der Waals surface area contributed by atoms with Gasteiger partial charge in [-0.2, -0.15) is 0 Å². The maximum absolute atomic E-state index is 13.6. The van der Waals surface area contributed by atoms with Crippen LogP contribution in [0, 0.1) is 6.92 Å². The Morgan fingerprint density at radius 1 is 1.04 bits per heavy atom. The highest BCUT2D eigenvalue weighted by Gasteiger charge is 2.34. The summed E-state index contributed by atoms with van der Waals surface area (Å²) in [6.07, 6.45) is 6.14. The van der Waals surface area contributed by atoms with Gasteiger partial charge in [-0.1, -0.05) is 24.3 Å². The quantitative estimate of drug-likeness (QED) is 0.152. The minimum atomic E-state index is -1.07. The predicted molar refractivity (Wildman–Crippen MR) is 180 cm³/mol. The number of thiophene rings is 1. The van der Waals surface area contributed by atoms with Crippen LogP contribution in [0.1, 0.15) is 40.9 Å². The van der Waals surface area contributed by atoms with Crippen molar-refractivity contribution in [2.75, 3.05) is 23.8 Å². The number of aryl methyl sites for hydroxylation is 1. The van der Waals surface area contributed by atoms with Gasteiger partial charge >= 0.3 is 12.1 Å². The van der Waals surface area contributed by atoms with Crippen LogP contribution in [0.25, 0.3) is 10.2 Å². The maximum atomic E-state index is 13.6. The van der Waals surface area contributed by atoms with E-state index in [2.05, 4.69) is 20.9 Å². The molecule has 1 aliphatic carbocycles. The number of amides is 5. The van der Waals surface area contributed by atoms with Gasteiger partial charge in [-0.15, -0.1) is 11.3 Å². The smallest absolute Gasteiger partial charge is 0.407 e. The third-order valence-electron chi connectivity index (χ3n) is 8.22. The van der Waals surface area contributed by atoms with Crippen LogP contribution in [0.2, 0.25) is 0 Å². The highest BCUT2D eigenvalue weighted by molar-refractivity contribution is 7.21. The number of hydrogen-bond acceptors (Lipinski definition) is 7. The highest BCUT2D eigenvalue weighted by Crippen LogP contribution is 2.46. The highest BCUT2D eigenvalue weighted by atomic mass is 32.1. The van der Waals surface area contributed by atoms with E-state index in [1.165, 1.54) is 30.5 Å². The van der Waals surface area contributed by atoms with E-state index in [1.807, 2.05) is 55.5 Å². The number of aromatic nitrogens is 1. The SMILES string of the molecule is Cc1cc(Oc2ccccc2)ccc1N1C(=O)Nc2c(C(=O)NC3CCC(NC(=O)/C=C/CN(C)C(=O)O)CC3)sc3nccc1c23. The molecule has 0 atom stereocenters. The molecule has 47 heavy (non-hydrogen) atoms. The lowest BCUT2D eigenvalue weighted by Crippen LogP contribution is -2.43. The molecule has 0 radical (unpaired) electrons. The van der Waals surface area contributed by atoms with Crippen LogP contribution in [0.4, 0.5) is 26.7 Å². The zero-order valence-corrected chi connectivity index (χ0v) is 26.7. The number of carboxylic acid groups (broad SMARTS) is 1. The van der Waals surface area contributed by atoms with Crippen molar-refractivity contribution in [3.63, 3.8) is 0 Å². The normalized spacial score (nSPS) is 17.3. The number of carbonyl (C=O) groups is 4. The predicted octanol–water partition coefficient (Wildman–Crippen LogP) is 6.40. The Morgan fingerprint density at radius 3 is 2.47 bits per heavy atom. The number of para-hydroxylation sites is 1. The third kappa shape index (κ3) is 6.89. The summed E-state index contributed by atoms with van der Waals surface area (Å²) in [5.74, 6) is 0.811. The van der Waals surface area contributed by atoms with Gasteiger partial charge in [-0.05, 0) is 74.6 Å². The molecule has 13 heteroatoms. The van der Waals surface area contributed by atoms with Crippen LogP contribution >= 0.6 is 11.3 Å². The molecule has 6 rings (SSSR count). The lowest BCUT2D eigenvalue weighted by molar-refractivity contribution is -0.117. The molecule has 0 saturated heterocycles. The largest absolute Gasteiger partial charge is 0.465 e. The van der Waals surface area contributed by atoms with E-state index in [0.717, 1.165) is 10.5 Å². The fourth-order valence-corrected chi connectivity index (χ4v) is 6.85. The first-order valence-electron chi connectivity index (χ1n) is 15.3. The topological polar surface area (TPSA) is 153 Å². The van der Waals surface area contributed by atoms with Crippen molar-refractivity contribution in [2.45, 2.75) is 44.7 Å². The summed E-state index contributed by atoms with van der Waals surface area (Å²) in [6.45, 7) is 2.03. The molecule has 1 fully saturated rings. The Balaban J connectivity index is 1.12. The summed E-state index contributed by atoms with van der Waals surface area (Å²) >= 11 is 1.24. The molecule has 12 nitrogen and oxygen atoms in total. The van der Waals surface area contributed by atoms with Gasteiger partial charge in [0.25, 0.3) is 5.91 Å². The van der Waals surface area contributed by atoms with Gasteiger partial charge in [0.05, 0.1) is 22.4 Å². The Labute approximate surface area is 275 Å². The fraction of sp³-hybridized carbons (Fsp3) is 0.265. The summed E-state index contributed by atoms with van der Waals surface area (Å²) in [5.41, 5.74) is 2.62. The summed E-state index contributed by atoms with van der Waals surface area (Å²) in [7, 11) is 1.43. The van der Waals surface area contributed by atoms with Crippen LogP contribution in [-0.2, 0) is 4.79 Å². The molecule has 2 aromatic carbocycles. The van der Waals surface area contributed by atoms with Crippen molar-refractivity contribution >= 4 is 62.6 Å². The zero-order chi connectivity index (χ0) is 33.1. The van der Waals surface area contributed by atoms with Crippen LogP contribution in [0.3, 0.4) is 0 Å². The second-order valence-corrected chi connectivity index (χ2v) is 12.5. The fourth-order valence-electron chi connectivity index (χ4n) is 5.83. The van der Waals surface area contributed by atoms with Crippen molar-refractivity contribution in [1.29, 1.82) is 0 Å². The van der Waals surface area contributed by atoms with Crippen molar-refractivity contribution in [2.24, 2.45) is 0 Å². The minimum absolute atomic E-state index is 0.0394. The zero-order valence-electron chi connectivity index (χ0n) is 25.9. The number of benzene rings is 2. The number of rotatable bonds is 9. The van der Waals surface area contributed by atoms with Crippen molar-refractivity contribution in [1.82, 2.24) is 20.5 Å². The number of nitrogens with zero attached hydrogens (tertiary/aromatic N) is 3. The molecular formula is C34H34N6O6S. The van der Waals surface area contributed by atoms with Gasteiger partial charge in [0.2, 0.25) is 5.91 Å². The second-order valence-electron chi connectivity index (χ2n) is 11.5. The lowest BCUT2D eigenvalue weighted by atomic mass is 9.91. The molecule has 0 bridgehead atoms. The van der Waals surface area contributed by atoms with E-state index in [4.69, 9.17) is 9.84 Å². The molecule has 2 aromatic heterocycles. The lowest BCUT2D eigenvalue weighted by Gasteiger charge is -2.30. The van der Waals surface area contributed by atoms with Crippen molar-refractivity contribution in [3.8, 4) is 11.5 Å². The van der Waals surface area contributed by atoms with E-state index in [1.54, 1.807) is 17.2 Å². The van der Waals surface area contributed by atoms with Crippen molar-refractivity contribution < 1.29 is 29.0 Å². The molecule has 0 unspecified atom stereocenters. The molecule has 4 aromatic rings. The van der Waals surface area contributed by atoms with Gasteiger partial charge < -0.3 is 30.7 Å². The Hall–Kier alpha value is -5.43. The van der Waals surface area contributed by atoms with Crippen LogP contribution in [0.15, 0.2) is 72.9 Å². The number of carbonyl (C=O) groups excluding carboxylic acids is 3. The van der Waals surface area contributed by atoms with E-state index < -0.39 is 6.09 Å². The molecule has 4 N–H and O–H groups in total. The van der Waals surface area contributed by atoms with Gasteiger partial charge in [0, 0.05) is 37.9 Å². The first-order valence-corrected chi connectivity index (χ1v) is 16.1. The molecule has 242 valence electrons. The van der Waals surface area contributed by atoms with E-state index in [9.17, 15) is 19.2 Å². The van der Waals surface area contributed by atoms with E-state index in [0.29, 0.717) is 69.3 Å². The number of ether oxygens (including phenoxy) is 1. The number of nitrogens with one attached hydrogen (secondary N) is 3. The second kappa shape index (κ2) is 13.5. The summed E-state index contributed by atoms with van der Waals surface area (Å²) < 4.78 is 5.97. The van der Waals surface area contributed by atoms with Crippen LogP contribution in [0.5, 0.6) is 11.5 Å². The van der Waals surface area contributed by atoms with Gasteiger partial charge in [0.1, 0.15) is 21.2 Å². The molecule has 0 spiro atoms. The third-order valence-corrected chi connectivity index (χ3v) is 9.32. The van der Waals surface area contributed by atoms with E-state index >= 15 is 0 Å². The first kappa shape index (κ1) is 31.5. The molecule has 3 heterocycles. The van der Waals surface area contributed by atoms with Crippen LogP contribution < -0.4 is 25.6 Å². The monoisotopic (exact) mass is 654 g/mol. The van der Waals surface area contributed by atoms with Gasteiger partial charge in [-0.25, -0.2) is 14.6 Å². The number of pyridine rings is 1. The summed E-state index contributed by atoms with van der Waals surface area (Å²) in [6, 6.07) is 16.3. The average molecular weight is 655 g/mol. The Kier molecular flexibility index (Phi) is 9.07. The number of urea groups is 1. The van der Waals surface area contributed by atoms with Crippen molar-refractivity contribution in [3.05, 3.63) is 83.4 Å². The number of anilines is 3.